The summed E-state index contributed by atoms with van der Waals surface area (Å²) in [6.45, 7) is 1.81. The summed E-state index contributed by atoms with van der Waals surface area (Å²) in [5.74, 6) is -0.213. The minimum atomic E-state index is -0.213. The molecule has 1 saturated heterocycles. The lowest BCUT2D eigenvalue weighted by molar-refractivity contribution is -0.126. The molecule has 0 spiro atoms. The first-order valence-electron chi connectivity index (χ1n) is 8.82. The van der Waals surface area contributed by atoms with Gasteiger partial charge in [-0.1, -0.05) is 30.3 Å². The van der Waals surface area contributed by atoms with Gasteiger partial charge >= 0.3 is 0 Å². The van der Waals surface area contributed by atoms with Crippen molar-refractivity contribution in [2.24, 2.45) is 0 Å². The first-order valence-corrected chi connectivity index (χ1v) is 8.82. The van der Waals surface area contributed by atoms with E-state index >= 15 is 0 Å². The smallest absolute Gasteiger partial charge is 0.266 e. The van der Waals surface area contributed by atoms with Gasteiger partial charge < -0.3 is 14.8 Å². The van der Waals surface area contributed by atoms with Crippen molar-refractivity contribution < 1.29 is 14.3 Å². The Bertz CT molecular complexity index is 770. The Morgan fingerprint density at radius 3 is 2.88 bits per heavy atom. The first kappa shape index (κ1) is 18.3. The standard InChI is InChI=1S/C19H23N3O4/c23-18(14-25-13-16-7-4-12-26-16)20-10-11-22-19(24)9-8-17(21-22)15-5-2-1-3-6-15/h1-3,5-6,8-9,16H,4,7,10-14H2,(H,20,23). The number of ether oxygens (including phenoxy) is 2. The molecule has 1 amide bonds. The number of nitrogens with zero attached hydrogens (tertiary/aromatic N) is 2. The van der Waals surface area contributed by atoms with E-state index in [-0.39, 0.29) is 24.2 Å². The molecule has 2 aromatic rings. The van der Waals surface area contributed by atoms with Gasteiger partial charge in [0.15, 0.2) is 0 Å². The topological polar surface area (TPSA) is 82.4 Å². The maximum absolute atomic E-state index is 11.9. The van der Waals surface area contributed by atoms with Crippen LogP contribution in [0, 0.1) is 0 Å². The fourth-order valence-corrected chi connectivity index (χ4v) is 2.78. The summed E-state index contributed by atoms with van der Waals surface area (Å²) in [5, 5.41) is 7.10. The van der Waals surface area contributed by atoms with E-state index in [4.69, 9.17) is 9.47 Å². The minimum absolute atomic E-state index is 0.00770. The lowest BCUT2D eigenvalue weighted by Gasteiger charge is -2.11. The fraction of sp³-hybridized carbons (Fsp3) is 0.421. The average molecular weight is 357 g/mol. The first-order chi connectivity index (χ1) is 12.7. The van der Waals surface area contributed by atoms with Gasteiger partial charge in [0, 0.05) is 24.8 Å². The van der Waals surface area contributed by atoms with Crippen LogP contribution in [0.15, 0.2) is 47.3 Å². The van der Waals surface area contributed by atoms with E-state index in [2.05, 4.69) is 10.4 Å². The van der Waals surface area contributed by atoms with Crippen molar-refractivity contribution in [2.45, 2.75) is 25.5 Å². The summed E-state index contributed by atoms with van der Waals surface area (Å²) in [6, 6.07) is 12.8. The zero-order valence-electron chi connectivity index (χ0n) is 14.6. The van der Waals surface area contributed by atoms with Crippen molar-refractivity contribution in [1.29, 1.82) is 0 Å². The van der Waals surface area contributed by atoms with Crippen molar-refractivity contribution >= 4 is 5.91 Å². The molecule has 1 unspecified atom stereocenters. The molecule has 138 valence electrons. The second kappa shape index (κ2) is 9.26. The van der Waals surface area contributed by atoms with Gasteiger partial charge in [-0.3, -0.25) is 9.59 Å². The molecular formula is C19H23N3O4. The zero-order chi connectivity index (χ0) is 18.2. The number of aromatic nitrogens is 2. The molecule has 0 bridgehead atoms. The third kappa shape index (κ3) is 5.24. The number of benzene rings is 1. The summed E-state index contributed by atoms with van der Waals surface area (Å²) in [4.78, 5) is 23.7. The lowest BCUT2D eigenvalue weighted by Crippen LogP contribution is -2.34. The SMILES string of the molecule is O=C(COCC1CCCO1)NCCn1nc(-c2ccccc2)ccc1=O. The molecule has 26 heavy (non-hydrogen) atoms. The molecular weight excluding hydrogens is 334 g/mol. The van der Waals surface area contributed by atoms with Gasteiger partial charge in [-0.15, -0.1) is 0 Å². The van der Waals surface area contributed by atoms with Gasteiger partial charge in [-0.25, -0.2) is 4.68 Å². The van der Waals surface area contributed by atoms with Crippen LogP contribution < -0.4 is 10.9 Å². The molecule has 1 atom stereocenters. The van der Waals surface area contributed by atoms with E-state index < -0.39 is 0 Å². The highest BCUT2D eigenvalue weighted by atomic mass is 16.5. The molecule has 1 N–H and O–H groups in total. The van der Waals surface area contributed by atoms with E-state index in [1.54, 1.807) is 6.07 Å². The molecule has 7 nitrogen and oxygen atoms in total. The van der Waals surface area contributed by atoms with Crippen LogP contribution in [0.25, 0.3) is 11.3 Å². The third-order valence-electron chi connectivity index (χ3n) is 4.14. The molecule has 2 heterocycles. The number of carbonyl (C=O) groups is 1. The minimum Gasteiger partial charge on any atom is -0.376 e. The van der Waals surface area contributed by atoms with E-state index in [0.717, 1.165) is 30.7 Å². The highest BCUT2D eigenvalue weighted by molar-refractivity contribution is 5.77. The van der Waals surface area contributed by atoms with Gasteiger partial charge in [-0.2, -0.15) is 5.10 Å². The average Bonchev–Trinajstić information content (AvgIpc) is 3.17. The van der Waals surface area contributed by atoms with Crippen LogP contribution >= 0.6 is 0 Å². The number of hydrogen-bond acceptors (Lipinski definition) is 5. The van der Waals surface area contributed by atoms with E-state index in [0.29, 0.717) is 19.7 Å². The normalized spacial score (nSPS) is 16.5. The lowest BCUT2D eigenvalue weighted by atomic mass is 10.1. The molecule has 1 fully saturated rings. The van der Waals surface area contributed by atoms with Crippen LogP contribution in [0.2, 0.25) is 0 Å². The van der Waals surface area contributed by atoms with Crippen LogP contribution in [-0.4, -0.2) is 48.2 Å². The predicted octanol–water partition coefficient (Wildman–Crippen LogP) is 1.22. The van der Waals surface area contributed by atoms with Gasteiger partial charge in [-0.05, 0) is 18.9 Å². The third-order valence-corrected chi connectivity index (χ3v) is 4.14. The Hall–Kier alpha value is -2.51. The molecule has 7 heteroatoms. The summed E-state index contributed by atoms with van der Waals surface area (Å²) < 4.78 is 12.2. The van der Waals surface area contributed by atoms with Crippen molar-refractivity contribution in [3.05, 3.63) is 52.8 Å². The Morgan fingerprint density at radius 1 is 1.27 bits per heavy atom. The molecule has 0 aliphatic carbocycles. The number of hydrogen-bond donors (Lipinski definition) is 1. The number of nitrogens with one attached hydrogen (secondary N) is 1. The Kier molecular flexibility index (Phi) is 6.51. The quantitative estimate of drug-likeness (QED) is 0.768. The summed E-state index contributed by atoms with van der Waals surface area (Å²) in [6.07, 6.45) is 2.13. The molecule has 0 radical (unpaired) electrons. The van der Waals surface area contributed by atoms with Crippen molar-refractivity contribution in [2.75, 3.05) is 26.4 Å². The van der Waals surface area contributed by atoms with E-state index in [9.17, 15) is 9.59 Å². The van der Waals surface area contributed by atoms with E-state index in [1.165, 1.54) is 10.7 Å². The number of amides is 1. The molecule has 1 aromatic carbocycles. The van der Waals surface area contributed by atoms with Crippen molar-refractivity contribution in [3.63, 3.8) is 0 Å². The van der Waals surface area contributed by atoms with Crippen LogP contribution in [0.4, 0.5) is 0 Å². The predicted molar refractivity (Wildman–Crippen MR) is 96.7 cm³/mol. The maximum atomic E-state index is 11.9. The summed E-state index contributed by atoms with van der Waals surface area (Å²) in [5.41, 5.74) is 1.46. The molecule has 0 saturated carbocycles. The van der Waals surface area contributed by atoms with Gasteiger partial charge in [0.1, 0.15) is 6.61 Å². The molecule has 3 rings (SSSR count). The molecule has 1 aliphatic rings. The molecule has 1 aromatic heterocycles. The monoisotopic (exact) mass is 357 g/mol. The highest BCUT2D eigenvalue weighted by Gasteiger charge is 2.15. The van der Waals surface area contributed by atoms with Crippen LogP contribution in [0.5, 0.6) is 0 Å². The second-order valence-electron chi connectivity index (χ2n) is 6.15. The van der Waals surface area contributed by atoms with Crippen LogP contribution in [0.1, 0.15) is 12.8 Å². The zero-order valence-corrected chi connectivity index (χ0v) is 14.6. The number of carbonyl (C=O) groups excluding carboxylic acids is 1. The van der Waals surface area contributed by atoms with Crippen LogP contribution in [0.3, 0.4) is 0 Å². The Labute approximate surface area is 151 Å². The van der Waals surface area contributed by atoms with Crippen LogP contribution in [-0.2, 0) is 20.8 Å². The maximum Gasteiger partial charge on any atom is 0.266 e. The largest absolute Gasteiger partial charge is 0.376 e. The molecule has 1 aliphatic heterocycles. The van der Waals surface area contributed by atoms with Crippen molar-refractivity contribution in [3.8, 4) is 11.3 Å². The van der Waals surface area contributed by atoms with Crippen molar-refractivity contribution in [1.82, 2.24) is 15.1 Å². The van der Waals surface area contributed by atoms with E-state index in [1.807, 2.05) is 30.3 Å². The Morgan fingerprint density at radius 2 is 2.12 bits per heavy atom. The number of rotatable bonds is 8. The highest BCUT2D eigenvalue weighted by Crippen LogP contribution is 2.14. The van der Waals surface area contributed by atoms with Gasteiger partial charge in [0.2, 0.25) is 5.91 Å². The van der Waals surface area contributed by atoms with Gasteiger partial charge in [0.25, 0.3) is 5.56 Å². The Balaban J connectivity index is 1.45. The second-order valence-corrected chi connectivity index (χ2v) is 6.15. The summed E-state index contributed by atoms with van der Waals surface area (Å²) >= 11 is 0. The summed E-state index contributed by atoms with van der Waals surface area (Å²) in [7, 11) is 0. The van der Waals surface area contributed by atoms with Gasteiger partial charge in [0.05, 0.1) is 24.9 Å². The fourth-order valence-electron chi connectivity index (χ4n) is 2.78.